The summed E-state index contributed by atoms with van der Waals surface area (Å²) < 4.78 is 11.0. The lowest BCUT2D eigenvalue weighted by molar-refractivity contribution is 0.171. The van der Waals surface area contributed by atoms with Gasteiger partial charge >= 0.3 is 0 Å². The Morgan fingerprint density at radius 3 is 2.59 bits per heavy atom. The summed E-state index contributed by atoms with van der Waals surface area (Å²) >= 11 is 0. The number of benzene rings is 1. The average molecular weight is 492 g/mol. The fourth-order valence-electron chi connectivity index (χ4n) is 2.34. The molecule has 0 fully saturated rings. The number of guanidine groups is 1. The SMILES string of the molecule is CN=C(NCCN(C)C(C)C)NCc1ccc(C)cc1OCCCOC.I. The predicted octanol–water partition coefficient (Wildman–Crippen LogP) is 3.03. The highest BCUT2D eigenvalue weighted by Crippen LogP contribution is 2.20. The molecule has 1 rings (SSSR count). The van der Waals surface area contributed by atoms with Gasteiger partial charge in [0.15, 0.2) is 5.96 Å². The molecule has 7 heteroatoms. The first-order valence-corrected chi connectivity index (χ1v) is 9.34. The average Bonchev–Trinajstić information content (AvgIpc) is 2.62. The van der Waals surface area contributed by atoms with Crippen LogP contribution in [0.1, 0.15) is 31.4 Å². The van der Waals surface area contributed by atoms with E-state index < -0.39 is 0 Å². The van der Waals surface area contributed by atoms with Crippen molar-refractivity contribution in [3.05, 3.63) is 29.3 Å². The maximum Gasteiger partial charge on any atom is 0.191 e. The van der Waals surface area contributed by atoms with Crippen LogP contribution in [0, 0.1) is 6.92 Å². The molecule has 0 aliphatic rings. The molecule has 0 aliphatic carbocycles. The zero-order chi connectivity index (χ0) is 19.4. The lowest BCUT2D eigenvalue weighted by Crippen LogP contribution is -2.41. The highest BCUT2D eigenvalue weighted by molar-refractivity contribution is 14.0. The summed E-state index contributed by atoms with van der Waals surface area (Å²) in [5, 5.41) is 6.72. The van der Waals surface area contributed by atoms with E-state index in [-0.39, 0.29) is 24.0 Å². The van der Waals surface area contributed by atoms with Crippen molar-refractivity contribution in [2.75, 3.05) is 47.5 Å². The monoisotopic (exact) mass is 492 g/mol. The topological polar surface area (TPSA) is 58.1 Å². The maximum absolute atomic E-state index is 5.94. The minimum Gasteiger partial charge on any atom is -0.493 e. The molecule has 0 saturated heterocycles. The van der Waals surface area contributed by atoms with Gasteiger partial charge in [0.1, 0.15) is 5.75 Å². The van der Waals surface area contributed by atoms with Gasteiger partial charge in [0.2, 0.25) is 0 Å². The zero-order valence-corrected chi connectivity index (χ0v) is 20.0. The van der Waals surface area contributed by atoms with Crippen LogP contribution in [-0.2, 0) is 11.3 Å². The van der Waals surface area contributed by atoms with E-state index in [0.29, 0.717) is 25.8 Å². The second-order valence-corrected chi connectivity index (χ2v) is 6.73. The van der Waals surface area contributed by atoms with Crippen LogP contribution < -0.4 is 15.4 Å². The van der Waals surface area contributed by atoms with E-state index in [4.69, 9.17) is 9.47 Å². The van der Waals surface area contributed by atoms with Crippen LogP contribution in [0.15, 0.2) is 23.2 Å². The number of halogens is 1. The Labute approximate surface area is 182 Å². The fourth-order valence-corrected chi connectivity index (χ4v) is 2.34. The van der Waals surface area contributed by atoms with E-state index >= 15 is 0 Å². The molecular formula is C20H37IN4O2. The molecule has 0 atom stereocenters. The van der Waals surface area contributed by atoms with E-state index in [2.05, 4.69) is 66.5 Å². The van der Waals surface area contributed by atoms with Gasteiger partial charge in [-0.25, -0.2) is 0 Å². The quantitative estimate of drug-likeness (QED) is 0.215. The van der Waals surface area contributed by atoms with Gasteiger partial charge in [0, 0.05) is 58.4 Å². The number of aliphatic imine (C=N–C) groups is 1. The van der Waals surface area contributed by atoms with E-state index in [1.54, 1.807) is 14.2 Å². The lowest BCUT2D eigenvalue weighted by Gasteiger charge is -2.22. The molecule has 0 amide bonds. The van der Waals surface area contributed by atoms with E-state index in [1.165, 1.54) is 5.56 Å². The first kappa shape index (κ1) is 25.9. The number of rotatable bonds is 11. The first-order valence-electron chi connectivity index (χ1n) is 9.34. The molecule has 1 aromatic carbocycles. The van der Waals surface area contributed by atoms with Crippen LogP contribution in [0.25, 0.3) is 0 Å². The molecule has 1 aromatic rings. The summed E-state index contributed by atoms with van der Waals surface area (Å²) in [6.45, 7) is 10.3. The van der Waals surface area contributed by atoms with Gasteiger partial charge in [0.25, 0.3) is 0 Å². The number of hydrogen-bond donors (Lipinski definition) is 2. The molecular weight excluding hydrogens is 455 g/mol. The molecule has 6 nitrogen and oxygen atoms in total. The van der Waals surface area contributed by atoms with Crippen molar-refractivity contribution in [2.24, 2.45) is 4.99 Å². The molecule has 156 valence electrons. The largest absolute Gasteiger partial charge is 0.493 e. The van der Waals surface area contributed by atoms with Crippen molar-refractivity contribution >= 4 is 29.9 Å². The third kappa shape index (κ3) is 10.8. The minimum atomic E-state index is 0. The third-order valence-electron chi connectivity index (χ3n) is 4.28. The van der Waals surface area contributed by atoms with Gasteiger partial charge in [-0.2, -0.15) is 0 Å². The van der Waals surface area contributed by atoms with Crippen LogP contribution in [0.4, 0.5) is 0 Å². The molecule has 0 heterocycles. The zero-order valence-electron chi connectivity index (χ0n) is 17.7. The molecule has 0 unspecified atom stereocenters. The van der Waals surface area contributed by atoms with Crippen molar-refractivity contribution < 1.29 is 9.47 Å². The van der Waals surface area contributed by atoms with Crippen molar-refractivity contribution in [1.82, 2.24) is 15.5 Å². The Hall–Kier alpha value is -1.06. The fraction of sp³-hybridized carbons (Fsp3) is 0.650. The molecule has 27 heavy (non-hydrogen) atoms. The van der Waals surface area contributed by atoms with Crippen LogP contribution in [-0.4, -0.2) is 64.4 Å². The van der Waals surface area contributed by atoms with Crippen LogP contribution in [0.2, 0.25) is 0 Å². The predicted molar refractivity (Wildman–Crippen MR) is 125 cm³/mol. The van der Waals surface area contributed by atoms with Gasteiger partial charge in [-0.15, -0.1) is 24.0 Å². The number of likely N-dealkylation sites (N-methyl/N-ethyl adjacent to an activating group) is 1. The summed E-state index contributed by atoms with van der Waals surface area (Å²) in [5.74, 6) is 1.72. The number of ether oxygens (including phenoxy) is 2. The Morgan fingerprint density at radius 1 is 1.22 bits per heavy atom. The van der Waals surface area contributed by atoms with Crippen LogP contribution in [0.3, 0.4) is 0 Å². The summed E-state index contributed by atoms with van der Waals surface area (Å²) in [6.07, 6.45) is 0.879. The summed E-state index contributed by atoms with van der Waals surface area (Å²) in [7, 11) is 5.63. The van der Waals surface area contributed by atoms with Gasteiger partial charge < -0.3 is 25.0 Å². The smallest absolute Gasteiger partial charge is 0.191 e. The lowest BCUT2D eigenvalue weighted by atomic mass is 10.1. The van der Waals surface area contributed by atoms with Crippen LogP contribution >= 0.6 is 24.0 Å². The van der Waals surface area contributed by atoms with E-state index in [9.17, 15) is 0 Å². The van der Waals surface area contributed by atoms with E-state index in [0.717, 1.165) is 36.8 Å². The summed E-state index contributed by atoms with van der Waals surface area (Å²) in [4.78, 5) is 6.59. The standard InChI is InChI=1S/C20H36N4O2.HI/c1-16(2)24(5)11-10-22-20(21-4)23-15-18-9-8-17(3)14-19(18)26-13-7-12-25-6;/h8-9,14,16H,7,10-13,15H2,1-6H3,(H2,21,22,23);1H. The van der Waals surface area contributed by atoms with Gasteiger partial charge in [-0.05, 0) is 39.4 Å². The van der Waals surface area contributed by atoms with Crippen molar-refractivity contribution in [1.29, 1.82) is 0 Å². The Balaban J connectivity index is 0.00000676. The molecule has 0 saturated carbocycles. The van der Waals surface area contributed by atoms with Gasteiger partial charge in [0.05, 0.1) is 6.61 Å². The maximum atomic E-state index is 5.94. The molecule has 0 spiro atoms. The second kappa shape index (κ2) is 14.9. The Morgan fingerprint density at radius 2 is 1.96 bits per heavy atom. The minimum absolute atomic E-state index is 0. The van der Waals surface area contributed by atoms with Crippen molar-refractivity contribution in [3.8, 4) is 5.75 Å². The highest BCUT2D eigenvalue weighted by atomic mass is 127. The van der Waals surface area contributed by atoms with Gasteiger partial charge in [-0.3, -0.25) is 4.99 Å². The summed E-state index contributed by atoms with van der Waals surface area (Å²) in [6, 6.07) is 6.83. The number of aryl methyl sites for hydroxylation is 1. The summed E-state index contributed by atoms with van der Waals surface area (Å²) in [5.41, 5.74) is 2.31. The molecule has 0 aromatic heterocycles. The third-order valence-corrected chi connectivity index (χ3v) is 4.28. The normalized spacial score (nSPS) is 11.5. The first-order chi connectivity index (χ1) is 12.5. The number of nitrogens with zero attached hydrogens (tertiary/aromatic N) is 2. The Bertz CT molecular complexity index is 553. The molecule has 2 N–H and O–H groups in total. The van der Waals surface area contributed by atoms with Crippen molar-refractivity contribution in [2.45, 2.75) is 39.8 Å². The number of hydrogen-bond acceptors (Lipinski definition) is 4. The van der Waals surface area contributed by atoms with E-state index in [1.807, 2.05) is 0 Å². The van der Waals surface area contributed by atoms with Crippen molar-refractivity contribution in [3.63, 3.8) is 0 Å². The Kier molecular flexibility index (Phi) is 14.3. The number of nitrogens with one attached hydrogen (secondary N) is 2. The highest BCUT2D eigenvalue weighted by Gasteiger charge is 2.07. The molecule has 0 bridgehead atoms. The molecule has 0 aliphatic heterocycles. The second-order valence-electron chi connectivity index (χ2n) is 6.73. The van der Waals surface area contributed by atoms with Gasteiger partial charge in [-0.1, -0.05) is 12.1 Å². The number of methoxy groups -OCH3 is 1. The molecule has 0 radical (unpaired) electrons. The van der Waals surface area contributed by atoms with Crippen LogP contribution in [0.5, 0.6) is 5.75 Å².